The highest BCUT2D eigenvalue weighted by molar-refractivity contribution is 5.94. The maximum atomic E-state index is 13.0. The largest absolute Gasteiger partial charge is 0.376 e. The molecule has 2 aromatic rings. The molecule has 21 heavy (non-hydrogen) atoms. The van der Waals surface area contributed by atoms with E-state index in [0.29, 0.717) is 11.4 Å². The Morgan fingerprint density at radius 3 is 2.57 bits per heavy atom. The zero-order valence-corrected chi connectivity index (χ0v) is 10.9. The summed E-state index contributed by atoms with van der Waals surface area (Å²) in [6.45, 7) is -0.0772. The molecule has 0 spiro atoms. The van der Waals surface area contributed by atoms with Gasteiger partial charge in [-0.25, -0.2) is 4.39 Å². The van der Waals surface area contributed by atoms with Crippen molar-refractivity contribution in [1.82, 2.24) is 0 Å². The molecule has 0 bridgehead atoms. The predicted octanol–water partition coefficient (Wildman–Crippen LogP) is 2.78. The van der Waals surface area contributed by atoms with Crippen LogP contribution >= 0.6 is 0 Å². The molecular formula is C14H12FN3O3. The van der Waals surface area contributed by atoms with Crippen molar-refractivity contribution in [2.45, 2.75) is 0 Å². The molecule has 6 nitrogen and oxygen atoms in total. The van der Waals surface area contributed by atoms with E-state index in [2.05, 4.69) is 10.6 Å². The topological polar surface area (TPSA) is 84.3 Å². The highest BCUT2D eigenvalue weighted by atomic mass is 19.1. The first kappa shape index (κ1) is 14.4. The Hall–Kier alpha value is -2.96. The number of carbonyl (C=O) groups is 1. The van der Waals surface area contributed by atoms with Gasteiger partial charge in [0.05, 0.1) is 11.5 Å². The van der Waals surface area contributed by atoms with Crippen LogP contribution in [0.5, 0.6) is 0 Å². The highest BCUT2D eigenvalue weighted by Crippen LogP contribution is 2.17. The Kier molecular flexibility index (Phi) is 4.45. The average molecular weight is 289 g/mol. The highest BCUT2D eigenvalue weighted by Gasteiger charge is 2.08. The molecule has 0 fully saturated rings. The number of amides is 1. The lowest BCUT2D eigenvalue weighted by molar-refractivity contribution is -0.384. The molecular weight excluding hydrogens is 277 g/mol. The number of nitrogens with one attached hydrogen (secondary N) is 2. The minimum absolute atomic E-state index is 0.0772. The molecule has 2 rings (SSSR count). The SMILES string of the molecule is O=C(CNc1cccc(F)c1)Nc1cccc([N+](=O)[O-])c1. The van der Waals surface area contributed by atoms with Crippen LogP contribution < -0.4 is 10.6 Å². The van der Waals surface area contributed by atoms with E-state index in [4.69, 9.17) is 0 Å². The number of nitrogens with zero attached hydrogens (tertiary/aromatic N) is 1. The van der Waals surface area contributed by atoms with Gasteiger partial charge in [0.25, 0.3) is 5.69 Å². The van der Waals surface area contributed by atoms with Crippen LogP contribution in [0, 0.1) is 15.9 Å². The second kappa shape index (κ2) is 6.47. The average Bonchev–Trinajstić information content (AvgIpc) is 2.45. The van der Waals surface area contributed by atoms with E-state index in [9.17, 15) is 19.3 Å². The van der Waals surface area contributed by atoms with Crippen molar-refractivity contribution >= 4 is 23.0 Å². The van der Waals surface area contributed by atoms with Gasteiger partial charge in [0.2, 0.25) is 5.91 Å². The van der Waals surface area contributed by atoms with E-state index in [1.165, 1.54) is 36.4 Å². The third-order valence-electron chi connectivity index (χ3n) is 2.62. The van der Waals surface area contributed by atoms with E-state index >= 15 is 0 Å². The lowest BCUT2D eigenvalue weighted by atomic mass is 10.3. The summed E-state index contributed by atoms with van der Waals surface area (Å²) in [6.07, 6.45) is 0. The van der Waals surface area contributed by atoms with Gasteiger partial charge in [0.1, 0.15) is 5.82 Å². The second-order valence-corrected chi connectivity index (χ2v) is 4.22. The zero-order valence-electron chi connectivity index (χ0n) is 10.9. The Bertz CT molecular complexity index is 676. The van der Waals surface area contributed by atoms with E-state index < -0.39 is 10.7 Å². The van der Waals surface area contributed by atoms with Crippen molar-refractivity contribution in [3.05, 3.63) is 64.5 Å². The summed E-state index contributed by atoms with van der Waals surface area (Å²) >= 11 is 0. The van der Waals surface area contributed by atoms with Gasteiger partial charge in [-0.3, -0.25) is 14.9 Å². The molecule has 0 unspecified atom stereocenters. The lowest BCUT2D eigenvalue weighted by Crippen LogP contribution is -2.21. The number of non-ortho nitro benzene ring substituents is 1. The van der Waals surface area contributed by atoms with Crippen molar-refractivity contribution in [2.75, 3.05) is 17.2 Å². The number of carbonyl (C=O) groups excluding carboxylic acids is 1. The third-order valence-corrected chi connectivity index (χ3v) is 2.62. The number of halogens is 1. The summed E-state index contributed by atoms with van der Waals surface area (Å²) in [6, 6.07) is 11.3. The summed E-state index contributed by atoms with van der Waals surface area (Å²) in [5.74, 6) is -0.793. The first-order valence-corrected chi connectivity index (χ1v) is 6.08. The van der Waals surface area contributed by atoms with Crippen molar-refractivity contribution < 1.29 is 14.1 Å². The van der Waals surface area contributed by atoms with E-state index in [1.54, 1.807) is 12.1 Å². The van der Waals surface area contributed by atoms with Crippen molar-refractivity contribution in [3.63, 3.8) is 0 Å². The summed E-state index contributed by atoms with van der Waals surface area (Å²) < 4.78 is 13.0. The monoisotopic (exact) mass is 289 g/mol. The molecule has 0 aromatic heterocycles. The van der Waals surface area contributed by atoms with Gasteiger partial charge >= 0.3 is 0 Å². The Labute approximate surface area is 119 Å². The third kappa shape index (κ3) is 4.27. The quantitative estimate of drug-likeness (QED) is 0.654. The minimum Gasteiger partial charge on any atom is -0.376 e. The molecule has 0 aliphatic rings. The number of benzene rings is 2. The standard InChI is InChI=1S/C14H12FN3O3/c15-10-3-1-4-11(7-10)16-9-14(19)17-12-5-2-6-13(8-12)18(20)21/h1-8,16H,9H2,(H,17,19). The van der Waals surface area contributed by atoms with Gasteiger partial charge in [-0.05, 0) is 24.3 Å². The normalized spacial score (nSPS) is 9.95. The van der Waals surface area contributed by atoms with Crippen molar-refractivity contribution in [1.29, 1.82) is 0 Å². The molecule has 0 radical (unpaired) electrons. The molecule has 2 N–H and O–H groups in total. The molecule has 1 amide bonds. The maximum absolute atomic E-state index is 13.0. The smallest absolute Gasteiger partial charge is 0.271 e. The van der Waals surface area contributed by atoms with E-state index in [-0.39, 0.29) is 18.1 Å². The van der Waals surface area contributed by atoms with Crippen LogP contribution in [0.25, 0.3) is 0 Å². The van der Waals surface area contributed by atoms with Crippen LogP contribution in [0.1, 0.15) is 0 Å². The zero-order chi connectivity index (χ0) is 15.2. The molecule has 108 valence electrons. The van der Waals surface area contributed by atoms with Gasteiger partial charge in [-0.15, -0.1) is 0 Å². The van der Waals surface area contributed by atoms with Gasteiger partial charge in [-0.2, -0.15) is 0 Å². The van der Waals surface area contributed by atoms with Crippen LogP contribution in [-0.2, 0) is 4.79 Å². The van der Waals surface area contributed by atoms with Gasteiger partial charge in [0.15, 0.2) is 0 Å². The molecule has 0 saturated carbocycles. The molecule has 0 aliphatic heterocycles. The lowest BCUT2D eigenvalue weighted by Gasteiger charge is -2.07. The summed E-state index contributed by atoms with van der Waals surface area (Å²) in [7, 11) is 0. The van der Waals surface area contributed by atoms with Crippen molar-refractivity contribution in [2.24, 2.45) is 0 Å². The van der Waals surface area contributed by atoms with Gasteiger partial charge < -0.3 is 10.6 Å². The number of hydrogen-bond donors (Lipinski definition) is 2. The van der Waals surface area contributed by atoms with Gasteiger partial charge in [-0.1, -0.05) is 12.1 Å². The second-order valence-electron chi connectivity index (χ2n) is 4.22. The number of rotatable bonds is 5. The molecule has 2 aromatic carbocycles. The number of anilines is 2. The predicted molar refractivity (Wildman–Crippen MR) is 76.6 cm³/mol. The number of nitro benzene ring substituents is 1. The van der Waals surface area contributed by atoms with Crippen LogP contribution in [0.4, 0.5) is 21.5 Å². The maximum Gasteiger partial charge on any atom is 0.271 e. The van der Waals surface area contributed by atoms with Crippen LogP contribution in [0.3, 0.4) is 0 Å². The summed E-state index contributed by atoms with van der Waals surface area (Å²) in [5, 5.41) is 15.9. The van der Waals surface area contributed by atoms with Gasteiger partial charge in [0, 0.05) is 23.5 Å². The van der Waals surface area contributed by atoms with Crippen LogP contribution in [0.15, 0.2) is 48.5 Å². The Balaban J connectivity index is 1.93. The molecule has 0 aliphatic carbocycles. The number of hydrogen-bond acceptors (Lipinski definition) is 4. The molecule has 0 atom stereocenters. The van der Waals surface area contributed by atoms with E-state index in [1.807, 2.05) is 0 Å². The van der Waals surface area contributed by atoms with Crippen LogP contribution in [-0.4, -0.2) is 17.4 Å². The Morgan fingerprint density at radius 1 is 1.14 bits per heavy atom. The molecule has 0 saturated heterocycles. The van der Waals surface area contributed by atoms with Crippen molar-refractivity contribution in [3.8, 4) is 0 Å². The fourth-order valence-electron chi connectivity index (χ4n) is 1.68. The minimum atomic E-state index is -0.541. The summed E-state index contributed by atoms with van der Waals surface area (Å²) in [5.41, 5.74) is 0.699. The van der Waals surface area contributed by atoms with E-state index in [0.717, 1.165) is 0 Å². The fourth-order valence-corrected chi connectivity index (χ4v) is 1.68. The first-order valence-electron chi connectivity index (χ1n) is 6.08. The summed E-state index contributed by atoms with van der Waals surface area (Å²) in [4.78, 5) is 21.8. The molecule has 0 heterocycles. The first-order chi connectivity index (χ1) is 10.0. The fraction of sp³-hybridized carbons (Fsp3) is 0.0714. The van der Waals surface area contributed by atoms with Crippen LogP contribution in [0.2, 0.25) is 0 Å². The Morgan fingerprint density at radius 2 is 1.86 bits per heavy atom. The molecule has 7 heteroatoms. The number of nitro groups is 1.